The van der Waals surface area contributed by atoms with Gasteiger partial charge in [-0.25, -0.2) is 4.79 Å². The number of carbonyl (C=O) groups is 5. The SMILES string of the molecule is O=C(NCCc1ccccc1)C(=O)[C@H](C[C@@H]1CCNC1=O)NC(=O)[C@@H]1CCCN1C(=O)OCc1ccccc1. The van der Waals surface area contributed by atoms with Gasteiger partial charge in [-0.2, -0.15) is 0 Å². The van der Waals surface area contributed by atoms with E-state index in [1.165, 1.54) is 4.90 Å². The maximum Gasteiger partial charge on any atom is 0.410 e. The Labute approximate surface area is 227 Å². The molecule has 0 unspecified atom stereocenters. The number of nitrogens with zero attached hydrogens (tertiary/aromatic N) is 1. The van der Waals surface area contributed by atoms with Gasteiger partial charge < -0.3 is 20.7 Å². The van der Waals surface area contributed by atoms with Crippen LogP contribution in [0.25, 0.3) is 0 Å². The molecule has 0 saturated carbocycles. The summed E-state index contributed by atoms with van der Waals surface area (Å²) in [5, 5.41) is 8.02. The number of hydrogen-bond donors (Lipinski definition) is 3. The standard InChI is InChI=1S/C29H34N4O6/c34-25(28(37)31-15-13-20-8-3-1-4-9-20)23(18-22-14-16-30-26(22)35)32-27(36)24-12-7-17-33(24)29(38)39-19-21-10-5-2-6-11-21/h1-6,8-11,22-24H,7,12-19H2,(H,30,35)(H,31,37)(H,32,36)/t22-,23-,24-/m0/s1. The van der Waals surface area contributed by atoms with Crippen molar-refractivity contribution in [2.24, 2.45) is 5.92 Å². The molecule has 2 aromatic rings. The molecule has 3 atom stereocenters. The van der Waals surface area contributed by atoms with Gasteiger partial charge in [-0.3, -0.25) is 24.1 Å². The van der Waals surface area contributed by atoms with E-state index in [0.717, 1.165) is 11.1 Å². The van der Waals surface area contributed by atoms with Gasteiger partial charge in [-0.15, -0.1) is 0 Å². The van der Waals surface area contributed by atoms with Crippen LogP contribution in [0.2, 0.25) is 0 Å². The summed E-state index contributed by atoms with van der Waals surface area (Å²) in [6.07, 6.45) is 1.45. The second-order valence-corrected chi connectivity index (χ2v) is 9.82. The van der Waals surface area contributed by atoms with Crippen molar-refractivity contribution in [3.8, 4) is 0 Å². The summed E-state index contributed by atoms with van der Waals surface area (Å²) >= 11 is 0. The molecule has 2 fully saturated rings. The molecule has 4 rings (SSSR count). The number of Topliss-reactive ketones (excluding diaryl/α,β-unsaturated/α-hetero) is 1. The van der Waals surface area contributed by atoms with Gasteiger partial charge in [0.25, 0.3) is 5.91 Å². The summed E-state index contributed by atoms with van der Waals surface area (Å²) in [7, 11) is 0. The van der Waals surface area contributed by atoms with Crippen LogP contribution in [0.15, 0.2) is 60.7 Å². The molecule has 206 valence electrons. The fourth-order valence-corrected chi connectivity index (χ4v) is 4.92. The highest BCUT2D eigenvalue weighted by atomic mass is 16.6. The number of ketones is 1. The molecule has 2 heterocycles. The first-order valence-corrected chi connectivity index (χ1v) is 13.3. The van der Waals surface area contributed by atoms with Crippen molar-refractivity contribution >= 4 is 29.6 Å². The minimum atomic E-state index is -1.19. The maximum atomic E-state index is 13.3. The molecular weight excluding hydrogens is 500 g/mol. The Morgan fingerprint density at radius 2 is 1.67 bits per heavy atom. The van der Waals surface area contributed by atoms with Gasteiger partial charge in [0.1, 0.15) is 12.6 Å². The number of benzene rings is 2. The lowest BCUT2D eigenvalue weighted by atomic mass is 9.95. The molecule has 0 radical (unpaired) electrons. The van der Waals surface area contributed by atoms with Crippen molar-refractivity contribution in [3.63, 3.8) is 0 Å². The average Bonchev–Trinajstić information content (AvgIpc) is 3.61. The second kappa shape index (κ2) is 13.5. The molecule has 0 bridgehead atoms. The summed E-state index contributed by atoms with van der Waals surface area (Å²) in [6, 6.07) is 16.7. The minimum Gasteiger partial charge on any atom is -0.445 e. The molecule has 10 heteroatoms. The van der Waals surface area contributed by atoms with Gasteiger partial charge >= 0.3 is 6.09 Å². The van der Waals surface area contributed by atoms with Gasteiger partial charge in [-0.05, 0) is 43.2 Å². The lowest BCUT2D eigenvalue weighted by molar-refractivity contribution is -0.141. The van der Waals surface area contributed by atoms with Gasteiger partial charge in [0.15, 0.2) is 0 Å². The van der Waals surface area contributed by atoms with E-state index in [2.05, 4.69) is 16.0 Å². The number of rotatable bonds is 11. The molecule has 0 aliphatic carbocycles. The van der Waals surface area contributed by atoms with Crippen LogP contribution < -0.4 is 16.0 Å². The molecule has 0 aromatic heterocycles. The zero-order valence-electron chi connectivity index (χ0n) is 21.8. The van der Waals surface area contributed by atoms with Crippen LogP contribution in [0.5, 0.6) is 0 Å². The molecule has 3 N–H and O–H groups in total. The average molecular weight is 535 g/mol. The smallest absolute Gasteiger partial charge is 0.410 e. The molecule has 2 aromatic carbocycles. The highest BCUT2D eigenvalue weighted by molar-refractivity contribution is 6.38. The van der Waals surface area contributed by atoms with Crippen molar-refractivity contribution in [3.05, 3.63) is 71.8 Å². The Morgan fingerprint density at radius 3 is 2.33 bits per heavy atom. The first kappa shape index (κ1) is 27.8. The Hall–Kier alpha value is -4.21. The first-order valence-electron chi connectivity index (χ1n) is 13.3. The quantitative estimate of drug-likeness (QED) is 0.376. The van der Waals surface area contributed by atoms with Gasteiger partial charge in [-0.1, -0.05) is 60.7 Å². The topological polar surface area (TPSA) is 134 Å². The number of nitrogens with one attached hydrogen (secondary N) is 3. The van der Waals surface area contributed by atoms with Crippen LogP contribution in [0.1, 0.15) is 36.8 Å². The number of carbonyl (C=O) groups excluding carboxylic acids is 5. The lowest BCUT2D eigenvalue weighted by Crippen LogP contribution is -2.54. The third kappa shape index (κ3) is 7.66. The Balaban J connectivity index is 1.37. The number of ether oxygens (including phenoxy) is 1. The first-order chi connectivity index (χ1) is 18.9. The molecule has 0 spiro atoms. The highest BCUT2D eigenvalue weighted by Gasteiger charge is 2.39. The summed E-state index contributed by atoms with van der Waals surface area (Å²) in [5.74, 6) is -2.88. The largest absolute Gasteiger partial charge is 0.445 e. The zero-order chi connectivity index (χ0) is 27.6. The monoisotopic (exact) mass is 534 g/mol. The second-order valence-electron chi connectivity index (χ2n) is 9.82. The zero-order valence-corrected chi connectivity index (χ0v) is 21.8. The number of amides is 4. The predicted octanol–water partition coefficient (Wildman–Crippen LogP) is 1.73. The van der Waals surface area contributed by atoms with E-state index >= 15 is 0 Å². The number of hydrogen-bond acceptors (Lipinski definition) is 6. The van der Waals surface area contributed by atoms with E-state index in [-0.39, 0.29) is 25.5 Å². The summed E-state index contributed by atoms with van der Waals surface area (Å²) in [5.41, 5.74) is 1.84. The lowest BCUT2D eigenvalue weighted by Gasteiger charge is -2.26. The van der Waals surface area contributed by atoms with Crippen LogP contribution in [0.3, 0.4) is 0 Å². The van der Waals surface area contributed by atoms with E-state index in [1.807, 2.05) is 60.7 Å². The van der Waals surface area contributed by atoms with Crippen molar-refractivity contribution in [1.29, 1.82) is 0 Å². The van der Waals surface area contributed by atoms with Crippen LogP contribution in [0.4, 0.5) is 4.79 Å². The fraction of sp³-hybridized carbons (Fsp3) is 0.414. The third-order valence-corrected chi connectivity index (χ3v) is 7.08. The molecular formula is C29H34N4O6. The van der Waals surface area contributed by atoms with Crippen molar-refractivity contribution in [2.75, 3.05) is 19.6 Å². The van der Waals surface area contributed by atoms with Gasteiger partial charge in [0.2, 0.25) is 17.6 Å². The molecule has 2 aliphatic rings. The summed E-state index contributed by atoms with van der Waals surface area (Å²) < 4.78 is 5.41. The van der Waals surface area contributed by atoms with Crippen LogP contribution >= 0.6 is 0 Å². The van der Waals surface area contributed by atoms with Crippen molar-refractivity contribution in [2.45, 2.75) is 50.8 Å². The van der Waals surface area contributed by atoms with E-state index in [9.17, 15) is 24.0 Å². The fourth-order valence-electron chi connectivity index (χ4n) is 4.92. The van der Waals surface area contributed by atoms with Gasteiger partial charge in [0, 0.05) is 25.6 Å². The van der Waals surface area contributed by atoms with E-state index in [1.54, 1.807) is 0 Å². The molecule has 2 aliphatic heterocycles. The van der Waals surface area contributed by atoms with Crippen LogP contribution in [-0.4, -0.2) is 66.2 Å². The number of likely N-dealkylation sites (tertiary alicyclic amines) is 1. The summed E-state index contributed by atoms with van der Waals surface area (Å²) in [4.78, 5) is 65.5. The predicted molar refractivity (Wildman–Crippen MR) is 142 cm³/mol. The Morgan fingerprint density at radius 1 is 0.974 bits per heavy atom. The van der Waals surface area contributed by atoms with Crippen LogP contribution in [0, 0.1) is 5.92 Å². The third-order valence-electron chi connectivity index (χ3n) is 7.08. The van der Waals surface area contributed by atoms with E-state index < -0.39 is 41.7 Å². The van der Waals surface area contributed by atoms with E-state index in [4.69, 9.17) is 4.74 Å². The van der Waals surface area contributed by atoms with Crippen molar-refractivity contribution < 1.29 is 28.7 Å². The highest BCUT2D eigenvalue weighted by Crippen LogP contribution is 2.21. The molecule has 10 nitrogen and oxygen atoms in total. The Bertz CT molecular complexity index is 1170. The van der Waals surface area contributed by atoms with E-state index in [0.29, 0.717) is 38.8 Å². The Kier molecular flexibility index (Phi) is 9.66. The molecule has 2 saturated heterocycles. The van der Waals surface area contributed by atoms with Crippen molar-refractivity contribution in [1.82, 2.24) is 20.9 Å². The molecule has 4 amide bonds. The molecule has 39 heavy (non-hydrogen) atoms. The van der Waals surface area contributed by atoms with Gasteiger partial charge in [0.05, 0.1) is 6.04 Å². The minimum absolute atomic E-state index is 0.00762. The summed E-state index contributed by atoms with van der Waals surface area (Å²) in [6.45, 7) is 1.15. The van der Waals surface area contributed by atoms with Crippen LogP contribution in [-0.2, 0) is 36.9 Å². The normalized spacial score (nSPS) is 19.2. The maximum absolute atomic E-state index is 13.3.